The highest BCUT2D eigenvalue weighted by atomic mass is 16.5. The molecule has 0 saturated heterocycles. The highest BCUT2D eigenvalue weighted by Gasteiger charge is 2.28. The molecule has 1 aromatic rings. The van der Waals surface area contributed by atoms with E-state index in [1.54, 1.807) is 6.20 Å². The van der Waals surface area contributed by atoms with E-state index in [4.69, 9.17) is 9.47 Å². The second-order valence-corrected chi connectivity index (χ2v) is 5.96. The highest BCUT2D eigenvalue weighted by Crippen LogP contribution is 2.35. The number of esters is 2. The summed E-state index contributed by atoms with van der Waals surface area (Å²) in [4.78, 5) is 26.5. The maximum absolute atomic E-state index is 12.3. The largest absolute Gasteiger partial charge is 0.465 e. The van der Waals surface area contributed by atoms with E-state index in [9.17, 15) is 9.59 Å². The Morgan fingerprint density at radius 2 is 1.75 bits per heavy atom. The molecule has 0 radical (unpaired) electrons. The van der Waals surface area contributed by atoms with Crippen LogP contribution in [0.2, 0.25) is 0 Å². The van der Waals surface area contributed by atoms with Crippen LogP contribution in [0, 0.1) is 0 Å². The second kappa shape index (κ2) is 7.34. The molecule has 0 bridgehead atoms. The van der Waals surface area contributed by atoms with Crippen LogP contribution in [-0.4, -0.2) is 33.2 Å². The average Bonchev–Trinajstić information content (AvgIpc) is 2.62. The van der Waals surface area contributed by atoms with Crippen LogP contribution in [0.4, 0.5) is 5.69 Å². The first kappa shape index (κ1) is 17.8. The van der Waals surface area contributed by atoms with Crippen LogP contribution in [0.5, 0.6) is 0 Å². The van der Waals surface area contributed by atoms with Crippen molar-refractivity contribution in [2.24, 2.45) is 0 Å². The van der Waals surface area contributed by atoms with Crippen LogP contribution in [0.3, 0.4) is 0 Å². The molecular formula is C19H23NO4. The molecule has 1 heterocycles. The second-order valence-electron chi connectivity index (χ2n) is 5.96. The fourth-order valence-corrected chi connectivity index (χ4v) is 3.11. The first-order chi connectivity index (χ1) is 11.4. The Hall–Kier alpha value is -2.56. The number of benzene rings is 1. The number of methoxy groups -OCH3 is 2. The van der Waals surface area contributed by atoms with Crippen LogP contribution >= 0.6 is 0 Å². The monoisotopic (exact) mass is 329 g/mol. The lowest BCUT2D eigenvalue weighted by atomic mass is 9.90. The van der Waals surface area contributed by atoms with Gasteiger partial charge in [0.05, 0.1) is 25.4 Å². The van der Waals surface area contributed by atoms with E-state index < -0.39 is 11.9 Å². The predicted octanol–water partition coefficient (Wildman–Crippen LogP) is 3.18. The van der Waals surface area contributed by atoms with Crippen molar-refractivity contribution >= 4 is 17.6 Å². The predicted molar refractivity (Wildman–Crippen MR) is 92.7 cm³/mol. The molecule has 24 heavy (non-hydrogen) atoms. The number of carbonyl (C=O) groups is 2. The van der Waals surface area contributed by atoms with Crippen LogP contribution in [0.15, 0.2) is 47.2 Å². The molecule has 1 aliphatic rings. The standard InChI is InChI=1S/C19H23NO4/c1-12-10-13(2)17(19(22)24-5)15(18(21)23-4)11-20(3)16-9-7-6-8-14(12)16/h6-9,11-12H,10H2,1-5H3/b15-11+,17-13+. The fraction of sp³-hybridized carbons (Fsp3) is 0.368. The Bertz CT molecular complexity index is 718. The van der Waals surface area contributed by atoms with Crippen molar-refractivity contribution in [1.82, 2.24) is 0 Å². The number of ether oxygens (including phenoxy) is 2. The van der Waals surface area contributed by atoms with Gasteiger partial charge in [-0.15, -0.1) is 0 Å². The van der Waals surface area contributed by atoms with Gasteiger partial charge in [0.25, 0.3) is 0 Å². The minimum Gasteiger partial charge on any atom is -0.465 e. The number of fused-ring (bicyclic) bond motifs is 1. The first-order valence-electron chi connectivity index (χ1n) is 7.81. The summed E-state index contributed by atoms with van der Waals surface area (Å²) >= 11 is 0. The number of hydrogen-bond acceptors (Lipinski definition) is 5. The van der Waals surface area contributed by atoms with Crippen LogP contribution < -0.4 is 4.90 Å². The highest BCUT2D eigenvalue weighted by molar-refractivity contribution is 6.07. The Labute approximate surface area is 142 Å². The summed E-state index contributed by atoms with van der Waals surface area (Å²) in [6.45, 7) is 3.96. The van der Waals surface area contributed by atoms with Gasteiger partial charge in [-0.3, -0.25) is 0 Å². The van der Waals surface area contributed by atoms with Gasteiger partial charge < -0.3 is 14.4 Å². The molecule has 0 fully saturated rings. The Balaban J connectivity index is 2.72. The van der Waals surface area contributed by atoms with E-state index in [2.05, 4.69) is 13.0 Å². The normalized spacial score (nSPS) is 23.1. The molecule has 5 heteroatoms. The van der Waals surface area contributed by atoms with Crippen molar-refractivity contribution < 1.29 is 19.1 Å². The van der Waals surface area contributed by atoms with E-state index >= 15 is 0 Å². The Kier molecular flexibility index (Phi) is 5.44. The summed E-state index contributed by atoms with van der Waals surface area (Å²) < 4.78 is 9.79. The lowest BCUT2D eigenvalue weighted by Gasteiger charge is -2.21. The number of hydrogen-bond donors (Lipinski definition) is 0. The topological polar surface area (TPSA) is 55.8 Å². The molecule has 2 rings (SSSR count). The van der Waals surface area contributed by atoms with Crippen LogP contribution in [0.1, 0.15) is 31.7 Å². The molecule has 0 aliphatic carbocycles. The van der Waals surface area contributed by atoms with Gasteiger partial charge in [0.2, 0.25) is 0 Å². The molecule has 0 spiro atoms. The van der Waals surface area contributed by atoms with Gasteiger partial charge >= 0.3 is 11.9 Å². The van der Waals surface area contributed by atoms with Crippen molar-refractivity contribution in [3.05, 3.63) is 52.7 Å². The van der Waals surface area contributed by atoms with Gasteiger partial charge in [0, 0.05) is 18.9 Å². The quantitative estimate of drug-likeness (QED) is 0.780. The molecule has 5 nitrogen and oxygen atoms in total. The Morgan fingerprint density at radius 1 is 1.12 bits per heavy atom. The molecule has 1 unspecified atom stereocenters. The van der Waals surface area contributed by atoms with E-state index in [1.807, 2.05) is 37.1 Å². The molecule has 1 aromatic carbocycles. The maximum Gasteiger partial charge on any atom is 0.340 e. The van der Waals surface area contributed by atoms with Gasteiger partial charge in [-0.05, 0) is 30.9 Å². The third-order valence-electron chi connectivity index (χ3n) is 4.27. The fourth-order valence-electron chi connectivity index (χ4n) is 3.11. The van der Waals surface area contributed by atoms with Crippen molar-refractivity contribution in [3.8, 4) is 0 Å². The summed E-state index contributed by atoms with van der Waals surface area (Å²) in [6, 6.07) is 8.01. The third kappa shape index (κ3) is 3.35. The van der Waals surface area contributed by atoms with Gasteiger partial charge in [-0.2, -0.15) is 0 Å². The van der Waals surface area contributed by atoms with E-state index in [-0.39, 0.29) is 17.1 Å². The van der Waals surface area contributed by atoms with Gasteiger partial charge in [0.15, 0.2) is 0 Å². The summed E-state index contributed by atoms with van der Waals surface area (Å²) in [7, 11) is 4.46. The van der Waals surface area contributed by atoms with Crippen molar-refractivity contribution in [3.63, 3.8) is 0 Å². The molecule has 1 atom stereocenters. The third-order valence-corrected chi connectivity index (χ3v) is 4.27. The average molecular weight is 329 g/mol. The first-order valence-corrected chi connectivity index (χ1v) is 7.81. The summed E-state index contributed by atoms with van der Waals surface area (Å²) in [6.07, 6.45) is 2.28. The minimum atomic E-state index is -0.561. The Morgan fingerprint density at radius 3 is 2.38 bits per heavy atom. The van der Waals surface area contributed by atoms with Crippen LogP contribution in [-0.2, 0) is 19.1 Å². The van der Waals surface area contributed by atoms with E-state index in [1.165, 1.54) is 14.2 Å². The van der Waals surface area contributed by atoms with Gasteiger partial charge in [-0.1, -0.05) is 30.7 Å². The minimum absolute atomic E-state index is 0.189. The number of carbonyl (C=O) groups excluding carboxylic acids is 2. The zero-order valence-corrected chi connectivity index (χ0v) is 14.8. The van der Waals surface area contributed by atoms with Gasteiger partial charge in [-0.25, -0.2) is 9.59 Å². The van der Waals surface area contributed by atoms with Gasteiger partial charge in [0.1, 0.15) is 0 Å². The van der Waals surface area contributed by atoms with Crippen LogP contribution in [0.25, 0.3) is 0 Å². The maximum atomic E-state index is 12.3. The zero-order valence-electron chi connectivity index (χ0n) is 14.8. The number of allylic oxidation sites excluding steroid dienone is 1. The van der Waals surface area contributed by atoms with Crippen molar-refractivity contribution in [2.45, 2.75) is 26.2 Å². The smallest absolute Gasteiger partial charge is 0.340 e. The number of anilines is 1. The zero-order chi connectivity index (χ0) is 17.9. The lowest BCUT2D eigenvalue weighted by molar-refractivity contribution is -0.139. The molecular weight excluding hydrogens is 306 g/mol. The SMILES string of the molecule is COC(=O)C1=C/N(C)c2ccccc2C(C)C/C(C)=C\1C(=O)OC. The van der Waals surface area contributed by atoms with Crippen molar-refractivity contribution in [1.29, 1.82) is 0 Å². The summed E-state index contributed by atoms with van der Waals surface area (Å²) in [5.41, 5.74) is 3.43. The number of rotatable bonds is 2. The number of para-hydroxylation sites is 1. The molecule has 1 aliphatic heterocycles. The van der Waals surface area contributed by atoms with E-state index in [0.29, 0.717) is 6.42 Å². The van der Waals surface area contributed by atoms with Crippen molar-refractivity contribution in [2.75, 3.05) is 26.2 Å². The molecule has 0 N–H and O–H groups in total. The molecule has 0 saturated carbocycles. The molecule has 0 amide bonds. The number of nitrogens with zero attached hydrogens (tertiary/aromatic N) is 1. The molecule has 0 aromatic heterocycles. The molecule has 128 valence electrons. The lowest BCUT2D eigenvalue weighted by Crippen LogP contribution is -2.20. The summed E-state index contributed by atoms with van der Waals surface area (Å²) in [5, 5.41) is 0. The summed E-state index contributed by atoms with van der Waals surface area (Å²) in [5.74, 6) is -0.905. The van der Waals surface area contributed by atoms with E-state index in [0.717, 1.165) is 16.8 Å².